The van der Waals surface area contributed by atoms with Crippen LogP contribution in [0.25, 0.3) is 0 Å². The van der Waals surface area contributed by atoms with Crippen molar-refractivity contribution in [2.45, 2.75) is 25.7 Å². The molecule has 0 aromatic heterocycles. The van der Waals surface area contributed by atoms with Gasteiger partial charge < -0.3 is 14.4 Å². The van der Waals surface area contributed by atoms with Gasteiger partial charge in [0.1, 0.15) is 11.5 Å². The summed E-state index contributed by atoms with van der Waals surface area (Å²) in [5, 5.41) is 0. The van der Waals surface area contributed by atoms with E-state index in [4.69, 9.17) is 9.47 Å². The van der Waals surface area contributed by atoms with Gasteiger partial charge in [-0.2, -0.15) is 0 Å². The maximum Gasteiger partial charge on any atom is 0.122 e. The Bertz CT molecular complexity index is 472. The average Bonchev–Trinajstić information content (AvgIpc) is 2.89. The van der Waals surface area contributed by atoms with E-state index >= 15 is 0 Å². The summed E-state index contributed by atoms with van der Waals surface area (Å²) < 4.78 is 11.2. The van der Waals surface area contributed by atoms with E-state index < -0.39 is 0 Å². The van der Waals surface area contributed by atoms with Crippen LogP contribution in [0.1, 0.15) is 30.4 Å². The zero-order chi connectivity index (χ0) is 13.4. The van der Waals surface area contributed by atoms with Crippen LogP contribution in [0.3, 0.4) is 0 Å². The van der Waals surface area contributed by atoms with Gasteiger partial charge in [0.25, 0.3) is 0 Å². The molecule has 1 aliphatic heterocycles. The summed E-state index contributed by atoms with van der Waals surface area (Å²) in [5.74, 6) is 3.48. The van der Waals surface area contributed by atoms with Crippen LogP contribution in [0, 0.1) is 5.92 Å². The lowest BCUT2D eigenvalue weighted by Gasteiger charge is -2.30. The van der Waals surface area contributed by atoms with Crippen LogP contribution in [0.4, 0.5) is 0 Å². The number of fused-ring (bicyclic) bond motifs is 3. The smallest absolute Gasteiger partial charge is 0.122 e. The molecule has 3 nitrogen and oxygen atoms in total. The molecule has 1 fully saturated rings. The first-order valence-electron chi connectivity index (χ1n) is 7.24. The maximum absolute atomic E-state index is 5.62. The van der Waals surface area contributed by atoms with Crippen LogP contribution in [0.2, 0.25) is 0 Å². The van der Waals surface area contributed by atoms with Crippen molar-refractivity contribution >= 4 is 0 Å². The monoisotopic (exact) mass is 261 g/mol. The summed E-state index contributed by atoms with van der Waals surface area (Å²) in [4.78, 5) is 2.56. The first kappa shape index (κ1) is 12.8. The third-order valence-electron chi connectivity index (χ3n) is 4.81. The molecule has 2 unspecified atom stereocenters. The minimum atomic E-state index is 0.619. The molecule has 1 heterocycles. The van der Waals surface area contributed by atoms with E-state index in [-0.39, 0.29) is 0 Å². The molecule has 1 aromatic carbocycles. The van der Waals surface area contributed by atoms with Crippen LogP contribution in [0.5, 0.6) is 11.5 Å². The lowest BCUT2D eigenvalue weighted by Crippen LogP contribution is -2.20. The third kappa shape index (κ3) is 2.00. The van der Waals surface area contributed by atoms with E-state index in [1.165, 1.54) is 24.1 Å². The first-order valence-corrected chi connectivity index (χ1v) is 7.24. The molecule has 1 aromatic rings. The average molecular weight is 261 g/mol. The van der Waals surface area contributed by atoms with Crippen molar-refractivity contribution in [1.82, 2.24) is 4.90 Å². The van der Waals surface area contributed by atoms with Gasteiger partial charge in [0.2, 0.25) is 0 Å². The number of benzene rings is 1. The van der Waals surface area contributed by atoms with Gasteiger partial charge in [-0.15, -0.1) is 0 Å². The molecule has 3 rings (SSSR count). The Morgan fingerprint density at radius 1 is 1.16 bits per heavy atom. The summed E-state index contributed by atoms with van der Waals surface area (Å²) in [6.45, 7) is 5.80. The Kier molecular flexibility index (Phi) is 3.40. The van der Waals surface area contributed by atoms with Gasteiger partial charge in [-0.25, -0.2) is 0 Å². The highest BCUT2D eigenvalue weighted by Crippen LogP contribution is 2.47. The molecule has 3 heteroatoms. The largest absolute Gasteiger partial charge is 0.496 e. The van der Waals surface area contributed by atoms with Gasteiger partial charge in [0, 0.05) is 30.1 Å². The van der Waals surface area contributed by atoms with Gasteiger partial charge >= 0.3 is 0 Å². The topological polar surface area (TPSA) is 21.7 Å². The van der Waals surface area contributed by atoms with E-state index in [0.717, 1.165) is 36.9 Å². The normalized spacial score (nSPS) is 25.8. The Morgan fingerprint density at radius 2 is 1.89 bits per heavy atom. The standard InChI is InChI=1S/C16H23NO2/c1-4-17-9-11-5-6-12-14(18-2)7-8-15(19-3)16(12)13(11)10-17/h7-8,11,13H,4-6,9-10H2,1-3H3. The molecule has 0 radical (unpaired) electrons. The molecular weight excluding hydrogens is 238 g/mol. The second-order valence-electron chi connectivity index (χ2n) is 5.62. The number of hydrogen-bond acceptors (Lipinski definition) is 3. The second-order valence-corrected chi connectivity index (χ2v) is 5.62. The van der Waals surface area contributed by atoms with E-state index in [2.05, 4.69) is 17.9 Å². The highest BCUT2D eigenvalue weighted by Gasteiger charge is 2.39. The number of likely N-dealkylation sites (N-methyl/N-ethyl adjacent to an activating group) is 1. The minimum Gasteiger partial charge on any atom is -0.496 e. The van der Waals surface area contributed by atoms with Gasteiger partial charge in [0.05, 0.1) is 14.2 Å². The quantitative estimate of drug-likeness (QED) is 0.835. The molecule has 0 saturated carbocycles. The van der Waals surface area contributed by atoms with Crippen LogP contribution in [-0.2, 0) is 6.42 Å². The molecule has 0 bridgehead atoms. The Balaban J connectivity index is 2.05. The number of rotatable bonds is 3. The molecule has 1 saturated heterocycles. The molecule has 104 valence electrons. The molecule has 1 aliphatic carbocycles. The van der Waals surface area contributed by atoms with Crippen molar-refractivity contribution in [3.05, 3.63) is 23.3 Å². The Morgan fingerprint density at radius 3 is 2.58 bits per heavy atom. The minimum absolute atomic E-state index is 0.619. The number of methoxy groups -OCH3 is 2. The molecule has 0 N–H and O–H groups in total. The van der Waals surface area contributed by atoms with Gasteiger partial charge in [-0.05, 0) is 37.4 Å². The summed E-state index contributed by atoms with van der Waals surface area (Å²) >= 11 is 0. The SMILES string of the molecule is CCN1CC2CCc3c(OC)ccc(OC)c3C2C1. The number of nitrogens with zero attached hydrogens (tertiary/aromatic N) is 1. The van der Waals surface area contributed by atoms with Crippen molar-refractivity contribution in [2.75, 3.05) is 33.9 Å². The van der Waals surface area contributed by atoms with E-state index in [1.54, 1.807) is 14.2 Å². The van der Waals surface area contributed by atoms with Gasteiger partial charge in [-0.1, -0.05) is 6.92 Å². The van der Waals surface area contributed by atoms with Crippen molar-refractivity contribution in [3.8, 4) is 11.5 Å². The Hall–Kier alpha value is -1.22. The molecule has 0 amide bonds. The summed E-state index contributed by atoms with van der Waals surface area (Å²) in [6.07, 6.45) is 2.39. The fourth-order valence-corrected chi connectivity index (χ4v) is 3.82. The fraction of sp³-hybridized carbons (Fsp3) is 0.625. The summed E-state index contributed by atoms with van der Waals surface area (Å²) in [5.41, 5.74) is 2.79. The highest BCUT2D eigenvalue weighted by atomic mass is 16.5. The first-order chi connectivity index (χ1) is 9.28. The lowest BCUT2D eigenvalue weighted by atomic mass is 9.76. The Labute approximate surface area is 115 Å². The van der Waals surface area contributed by atoms with Gasteiger partial charge in [0.15, 0.2) is 0 Å². The van der Waals surface area contributed by atoms with E-state index in [1.807, 2.05) is 6.07 Å². The molecule has 19 heavy (non-hydrogen) atoms. The predicted molar refractivity (Wildman–Crippen MR) is 76.2 cm³/mol. The van der Waals surface area contributed by atoms with Crippen molar-refractivity contribution in [3.63, 3.8) is 0 Å². The van der Waals surface area contributed by atoms with Crippen molar-refractivity contribution in [2.24, 2.45) is 5.92 Å². The molecule has 0 spiro atoms. The van der Waals surface area contributed by atoms with E-state index in [9.17, 15) is 0 Å². The number of likely N-dealkylation sites (tertiary alicyclic amines) is 1. The fourth-order valence-electron chi connectivity index (χ4n) is 3.82. The third-order valence-corrected chi connectivity index (χ3v) is 4.81. The van der Waals surface area contributed by atoms with Crippen molar-refractivity contribution in [1.29, 1.82) is 0 Å². The van der Waals surface area contributed by atoms with Crippen LogP contribution < -0.4 is 9.47 Å². The second kappa shape index (κ2) is 5.04. The molecule has 2 atom stereocenters. The molecule has 2 aliphatic rings. The summed E-state index contributed by atoms with van der Waals surface area (Å²) in [7, 11) is 3.54. The number of hydrogen-bond donors (Lipinski definition) is 0. The van der Waals surface area contributed by atoms with Crippen LogP contribution >= 0.6 is 0 Å². The van der Waals surface area contributed by atoms with Crippen LogP contribution in [0.15, 0.2) is 12.1 Å². The van der Waals surface area contributed by atoms with Crippen molar-refractivity contribution < 1.29 is 9.47 Å². The summed E-state index contributed by atoms with van der Waals surface area (Å²) in [6, 6.07) is 4.11. The highest BCUT2D eigenvalue weighted by molar-refractivity contribution is 5.52. The number of ether oxygens (including phenoxy) is 2. The van der Waals surface area contributed by atoms with Gasteiger partial charge in [-0.3, -0.25) is 0 Å². The molecular formula is C16H23NO2. The van der Waals surface area contributed by atoms with E-state index in [0.29, 0.717) is 5.92 Å². The lowest BCUT2D eigenvalue weighted by molar-refractivity contribution is 0.337. The maximum atomic E-state index is 5.62. The predicted octanol–water partition coefficient (Wildman–Crippen LogP) is 2.69. The zero-order valence-corrected chi connectivity index (χ0v) is 12.1. The van der Waals surface area contributed by atoms with Crippen LogP contribution in [-0.4, -0.2) is 38.8 Å². The zero-order valence-electron chi connectivity index (χ0n) is 12.1.